The van der Waals surface area contributed by atoms with Gasteiger partial charge in [0.2, 0.25) is 0 Å². The van der Waals surface area contributed by atoms with Crippen LogP contribution in [0, 0.1) is 50.7 Å². The summed E-state index contributed by atoms with van der Waals surface area (Å²) < 4.78 is 10.9. The Balaban J connectivity index is 1.62. The predicted molar refractivity (Wildman–Crippen MR) is 153 cm³/mol. The molecule has 10 atom stereocenters. The molecule has 5 aliphatic rings. The fraction of sp³-hybridized carbons (Fsp3) is 0.853. The number of methoxy groups -OCH3 is 1. The van der Waals surface area contributed by atoms with Gasteiger partial charge in [-0.1, -0.05) is 53.2 Å². The highest BCUT2D eigenvalue weighted by molar-refractivity contribution is 5.91. The van der Waals surface area contributed by atoms with Crippen molar-refractivity contribution in [2.75, 3.05) is 7.11 Å². The molecule has 6 heteroatoms. The molecule has 0 saturated heterocycles. The maximum absolute atomic E-state index is 13.6. The summed E-state index contributed by atoms with van der Waals surface area (Å²) in [6, 6.07) is 0. The van der Waals surface area contributed by atoms with Gasteiger partial charge in [0.15, 0.2) is 11.9 Å². The second kappa shape index (κ2) is 9.15. The molecule has 5 aliphatic carbocycles. The first kappa shape index (κ1) is 29.8. The number of fused-ring (bicyclic) bond motifs is 7. The number of hydrogen-bond donors (Lipinski definition) is 1. The van der Waals surface area contributed by atoms with Gasteiger partial charge < -0.3 is 14.6 Å². The van der Waals surface area contributed by atoms with E-state index in [0.29, 0.717) is 18.8 Å². The van der Waals surface area contributed by atoms with Crippen molar-refractivity contribution < 1.29 is 29.0 Å². The second-order valence-corrected chi connectivity index (χ2v) is 15.9. The summed E-state index contributed by atoms with van der Waals surface area (Å²) >= 11 is 0. The largest absolute Gasteiger partial charge is 0.469 e. The van der Waals surface area contributed by atoms with Gasteiger partial charge in [-0.15, -0.1) is 0 Å². The first-order valence-corrected chi connectivity index (χ1v) is 15.6. The second-order valence-electron chi connectivity index (χ2n) is 15.9. The van der Waals surface area contributed by atoms with Gasteiger partial charge in [0, 0.05) is 18.3 Å². The molecule has 4 fully saturated rings. The van der Waals surface area contributed by atoms with Gasteiger partial charge in [-0.2, -0.15) is 0 Å². The monoisotopic (exact) mass is 556 g/mol. The number of aliphatic hydroxyl groups is 1. The summed E-state index contributed by atoms with van der Waals surface area (Å²) in [7, 11) is 1.47. The molecular formula is C34H52O6. The number of ketones is 1. The van der Waals surface area contributed by atoms with Gasteiger partial charge in [0.25, 0.3) is 0 Å². The Morgan fingerprint density at radius 2 is 1.68 bits per heavy atom. The average Bonchev–Trinajstić information content (AvgIpc) is 2.85. The summed E-state index contributed by atoms with van der Waals surface area (Å²) in [4.78, 5) is 38.4. The standard InChI is InChI=1S/C34H52O6/c1-20-12-15-34(19-26(36)39-9)17-16-31(6)22(27(34)33(20,8)38)10-11-25-30(5)18-23(40-21(2)35)28(37)29(3,4)24(30)13-14-32(25,31)7/h10,20,23-25,27,38H,11-19H2,1-9H3/t20-,23?,24+,25-,27-,30+,31-,32-,33-,34-/m1/s1. The number of carbonyl (C=O) groups is 3. The van der Waals surface area contributed by atoms with E-state index in [0.717, 1.165) is 44.9 Å². The quantitative estimate of drug-likeness (QED) is 0.318. The molecular weight excluding hydrogens is 504 g/mol. The lowest BCUT2D eigenvalue weighted by atomic mass is 9.33. The summed E-state index contributed by atoms with van der Waals surface area (Å²) in [6.45, 7) is 16.9. The van der Waals surface area contributed by atoms with E-state index in [1.807, 2.05) is 6.92 Å². The van der Waals surface area contributed by atoms with Crippen LogP contribution in [-0.2, 0) is 23.9 Å². The number of hydrogen-bond acceptors (Lipinski definition) is 6. The highest BCUT2D eigenvalue weighted by Crippen LogP contribution is 2.76. The minimum atomic E-state index is -0.913. The molecule has 0 bridgehead atoms. The van der Waals surface area contributed by atoms with Crippen molar-refractivity contribution >= 4 is 17.7 Å². The summed E-state index contributed by atoms with van der Waals surface area (Å²) in [5.41, 5.74) is -0.779. The Morgan fingerprint density at radius 1 is 1.00 bits per heavy atom. The van der Waals surface area contributed by atoms with E-state index in [9.17, 15) is 19.5 Å². The maximum atomic E-state index is 13.6. The van der Waals surface area contributed by atoms with E-state index in [2.05, 4.69) is 47.6 Å². The Morgan fingerprint density at radius 3 is 2.30 bits per heavy atom. The van der Waals surface area contributed by atoms with Crippen LogP contribution in [0.2, 0.25) is 0 Å². The van der Waals surface area contributed by atoms with Gasteiger partial charge in [-0.05, 0) is 97.7 Å². The molecule has 1 N–H and O–H groups in total. The molecule has 4 saturated carbocycles. The fourth-order valence-electron chi connectivity index (χ4n) is 11.5. The van der Waals surface area contributed by atoms with Gasteiger partial charge >= 0.3 is 11.9 Å². The molecule has 0 aromatic heterocycles. The van der Waals surface area contributed by atoms with Gasteiger partial charge in [-0.25, -0.2) is 0 Å². The van der Waals surface area contributed by atoms with Crippen LogP contribution in [0.4, 0.5) is 0 Å². The Hall–Kier alpha value is -1.69. The molecule has 5 rings (SSSR count). The predicted octanol–water partition coefficient (Wildman–Crippen LogP) is 6.43. The van der Waals surface area contributed by atoms with E-state index in [1.54, 1.807) is 0 Å². The number of rotatable bonds is 3. The third-order valence-corrected chi connectivity index (χ3v) is 13.9. The average molecular weight is 557 g/mol. The Bertz CT molecular complexity index is 1140. The lowest BCUT2D eigenvalue weighted by molar-refractivity contribution is -0.213. The smallest absolute Gasteiger partial charge is 0.306 e. The zero-order valence-corrected chi connectivity index (χ0v) is 26.3. The highest BCUT2D eigenvalue weighted by atomic mass is 16.5. The van der Waals surface area contributed by atoms with Crippen LogP contribution >= 0.6 is 0 Å². The number of Topliss-reactive ketones (excluding diaryl/α,β-unsaturated/α-hetero) is 1. The molecule has 6 nitrogen and oxygen atoms in total. The number of ether oxygens (including phenoxy) is 2. The summed E-state index contributed by atoms with van der Waals surface area (Å²) in [5.74, 6) is 0.0637. The summed E-state index contributed by atoms with van der Waals surface area (Å²) in [5, 5.41) is 12.2. The fourth-order valence-corrected chi connectivity index (χ4v) is 11.5. The van der Waals surface area contributed by atoms with E-state index in [1.165, 1.54) is 19.6 Å². The van der Waals surface area contributed by atoms with Gasteiger partial charge in [-0.3, -0.25) is 14.4 Å². The number of esters is 2. The lowest BCUT2D eigenvalue weighted by Gasteiger charge is -2.72. The van der Waals surface area contributed by atoms with Crippen LogP contribution in [-0.4, -0.2) is 41.6 Å². The van der Waals surface area contributed by atoms with E-state index in [-0.39, 0.29) is 51.2 Å². The zero-order valence-electron chi connectivity index (χ0n) is 26.3. The van der Waals surface area contributed by atoms with Crippen molar-refractivity contribution in [2.24, 2.45) is 50.7 Å². The number of carbonyl (C=O) groups excluding carboxylic acids is 3. The lowest BCUT2D eigenvalue weighted by Crippen LogP contribution is -2.68. The number of allylic oxidation sites excluding steroid dienone is 1. The maximum Gasteiger partial charge on any atom is 0.306 e. The van der Waals surface area contributed by atoms with Crippen LogP contribution < -0.4 is 0 Å². The molecule has 0 radical (unpaired) electrons. The van der Waals surface area contributed by atoms with Gasteiger partial charge in [0.05, 0.1) is 19.1 Å². The molecule has 1 unspecified atom stereocenters. The normalized spacial score (nSPS) is 49.4. The first-order valence-electron chi connectivity index (χ1n) is 15.6. The Labute approximate surface area is 241 Å². The molecule has 224 valence electrons. The van der Waals surface area contributed by atoms with Crippen molar-refractivity contribution in [3.8, 4) is 0 Å². The van der Waals surface area contributed by atoms with Crippen molar-refractivity contribution in [1.82, 2.24) is 0 Å². The van der Waals surface area contributed by atoms with Gasteiger partial charge in [0.1, 0.15) is 0 Å². The van der Waals surface area contributed by atoms with Crippen molar-refractivity contribution in [1.29, 1.82) is 0 Å². The zero-order chi connectivity index (χ0) is 29.7. The van der Waals surface area contributed by atoms with Crippen LogP contribution in [0.3, 0.4) is 0 Å². The molecule has 0 heterocycles. The third kappa shape index (κ3) is 3.79. The van der Waals surface area contributed by atoms with E-state index in [4.69, 9.17) is 9.47 Å². The van der Waals surface area contributed by atoms with Crippen LogP contribution in [0.1, 0.15) is 113 Å². The van der Waals surface area contributed by atoms with Crippen LogP contribution in [0.25, 0.3) is 0 Å². The molecule has 0 aromatic rings. The third-order valence-electron chi connectivity index (χ3n) is 13.9. The molecule has 40 heavy (non-hydrogen) atoms. The van der Waals surface area contributed by atoms with E-state index >= 15 is 0 Å². The molecule has 0 aromatic carbocycles. The minimum Gasteiger partial charge on any atom is -0.469 e. The molecule has 0 aliphatic heterocycles. The van der Waals surface area contributed by atoms with Crippen LogP contribution in [0.5, 0.6) is 0 Å². The van der Waals surface area contributed by atoms with Crippen molar-refractivity contribution in [3.05, 3.63) is 11.6 Å². The van der Waals surface area contributed by atoms with Crippen LogP contribution in [0.15, 0.2) is 11.6 Å². The summed E-state index contributed by atoms with van der Waals surface area (Å²) in [6.07, 6.45) is 9.22. The molecule has 0 spiro atoms. The topological polar surface area (TPSA) is 89.9 Å². The van der Waals surface area contributed by atoms with E-state index < -0.39 is 23.1 Å². The first-order chi connectivity index (χ1) is 18.4. The SMILES string of the molecule is COC(=O)C[C@]12CC[C@@H](C)[C@@](C)(O)[C@H]1C1=CC[C@@H]3[C@@]4(C)CC(OC(C)=O)C(=O)C(C)(C)[C@@H]4CC[C@@]3(C)[C@]1(C)CC2. The Kier molecular flexibility index (Phi) is 6.82. The highest BCUT2D eigenvalue weighted by Gasteiger charge is 2.71. The minimum absolute atomic E-state index is 0.0479. The van der Waals surface area contributed by atoms with Crippen molar-refractivity contribution in [2.45, 2.75) is 125 Å². The molecule has 0 amide bonds. The van der Waals surface area contributed by atoms with Crippen molar-refractivity contribution in [3.63, 3.8) is 0 Å².